The number of hydrogen-bond donors (Lipinski definition) is 1. The minimum absolute atomic E-state index is 0.00260. The van der Waals surface area contributed by atoms with Crippen molar-refractivity contribution in [3.05, 3.63) is 28.3 Å². The van der Waals surface area contributed by atoms with Crippen LogP contribution in [0.2, 0.25) is 5.02 Å². The number of esters is 1. The van der Waals surface area contributed by atoms with Crippen LogP contribution in [0.3, 0.4) is 0 Å². The minimum Gasteiger partial charge on any atom is -0.460 e. The SMILES string of the molecule is Cc1cc(C(=O)OCCOC(C)C)cc(S(N)(=O)=O)c1Cl. The highest BCUT2D eigenvalue weighted by atomic mass is 35.5. The number of primary sulfonamides is 1. The summed E-state index contributed by atoms with van der Waals surface area (Å²) >= 11 is 5.88. The normalized spacial score (nSPS) is 11.7. The summed E-state index contributed by atoms with van der Waals surface area (Å²) in [6, 6.07) is 2.55. The molecule has 1 aromatic rings. The fraction of sp³-hybridized carbons (Fsp3) is 0.462. The number of carbonyl (C=O) groups excluding carboxylic acids is 1. The van der Waals surface area contributed by atoms with Crippen molar-refractivity contribution < 1.29 is 22.7 Å². The molecule has 0 amide bonds. The van der Waals surface area contributed by atoms with E-state index >= 15 is 0 Å². The predicted molar refractivity (Wildman–Crippen MR) is 78.9 cm³/mol. The Morgan fingerprint density at radius 1 is 1.33 bits per heavy atom. The van der Waals surface area contributed by atoms with Gasteiger partial charge in [0.2, 0.25) is 10.0 Å². The van der Waals surface area contributed by atoms with Crippen molar-refractivity contribution in [1.29, 1.82) is 0 Å². The van der Waals surface area contributed by atoms with Gasteiger partial charge in [0.05, 0.1) is 23.3 Å². The van der Waals surface area contributed by atoms with E-state index in [0.29, 0.717) is 5.56 Å². The summed E-state index contributed by atoms with van der Waals surface area (Å²) in [4.78, 5) is 11.6. The van der Waals surface area contributed by atoms with Crippen LogP contribution in [-0.4, -0.2) is 33.7 Å². The Morgan fingerprint density at radius 2 is 1.95 bits per heavy atom. The summed E-state index contributed by atoms with van der Waals surface area (Å²) in [5, 5.41) is 5.06. The van der Waals surface area contributed by atoms with Gasteiger partial charge in [-0.25, -0.2) is 18.4 Å². The van der Waals surface area contributed by atoms with Crippen molar-refractivity contribution in [3.8, 4) is 0 Å². The second-order valence-corrected chi connectivity index (χ2v) is 6.61. The van der Waals surface area contributed by atoms with E-state index < -0.39 is 16.0 Å². The minimum atomic E-state index is -4.01. The third-order valence-electron chi connectivity index (χ3n) is 2.53. The lowest BCUT2D eigenvalue weighted by molar-refractivity contribution is 0.0176. The third kappa shape index (κ3) is 5.28. The molecular weight excluding hydrogens is 318 g/mol. The third-order valence-corrected chi connectivity index (χ3v) is 4.08. The molecule has 21 heavy (non-hydrogen) atoms. The summed E-state index contributed by atoms with van der Waals surface area (Å²) in [7, 11) is -4.01. The number of ether oxygens (including phenoxy) is 2. The zero-order chi connectivity index (χ0) is 16.2. The average Bonchev–Trinajstić information content (AvgIpc) is 2.35. The van der Waals surface area contributed by atoms with Gasteiger partial charge in [-0.05, 0) is 38.5 Å². The van der Waals surface area contributed by atoms with Gasteiger partial charge in [0, 0.05) is 0 Å². The first-order valence-electron chi connectivity index (χ1n) is 6.24. The molecule has 0 bridgehead atoms. The molecule has 0 saturated heterocycles. The van der Waals surface area contributed by atoms with E-state index in [1.807, 2.05) is 13.8 Å². The lowest BCUT2D eigenvalue weighted by Gasteiger charge is -2.10. The first-order valence-corrected chi connectivity index (χ1v) is 8.17. The van der Waals surface area contributed by atoms with Crippen LogP contribution in [0.15, 0.2) is 17.0 Å². The summed E-state index contributed by atoms with van der Waals surface area (Å²) in [6.07, 6.45) is 0.0375. The Labute approximate surface area is 129 Å². The smallest absolute Gasteiger partial charge is 0.338 e. The molecule has 0 unspecified atom stereocenters. The molecule has 0 saturated carbocycles. The van der Waals surface area contributed by atoms with Crippen molar-refractivity contribution in [2.75, 3.05) is 13.2 Å². The molecule has 118 valence electrons. The maximum absolute atomic E-state index is 11.9. The highest BCUT2D eigenvalue weighted by Crippen LogP contribution is 2.26. The maximum Gasteiger partial charge on any atom is 0.338 e. The fourth-order valence-corrected chi connectivity index (χ4v) is 2.70. The zero-order valence-corrected chi connectivity index (χ0v) is 13.6. The molecule has 6 nitrogen and oxygen atoms in total. The van der Waals surface area contributed by atoms with Gasteiger partial charge in [-0.1, -0.05) is 11.6 Å². The number of halogens is 1. The topological polar surface area (TPSA) is 95.7 Å². The quantitative estimate of drug-likeness (QED) is 0.632. The van der Waals surface area contributed by atoms with Crippen LogP contribution in [0.1, 0.15) is 29.8 Å². The Kier molecular flexibility index (Phi) is 6.15. The van der Waals surface area contributed by atoms with Gasteiger partial charge in [0.1, 0.15) is 11.5 Å². The van der Waals surface area contributed by atoms with Gasteiger partial charge in [0.25, 0.3) is 0 Å². The lowest BCUT2D eigenvalue weighted by atomic mass is 10.1. The first-order chi connectivity index (χ1) is 9.62. The summed E-state index contributed by atoms with van der Waals surface area (Å²) < 4.78 is 33.1. The molecule has 0 spiro atoms. The highest BCUT2D eigenvalue weighted by Gasteiger charge is 2.19. The van der Waals surface area contributed by atoms with Gasteiger partial charge in [-0.15, -0.1) is 0 Å². The molecule has 1 aromatic carbocycles. The standard InChI is InChI=1S/C13H18ClNO5S/c1-8(2)19-4-5-20-13(16)10-6-9(3)12(14)11(7-10)21(15,17)18/h6-8H,4-5H2,1-3H3,(H2,15,17,18). The van der Waals surface area contributed by atoms with Gasteiger partial charge < -0.3 is 9.47 Å². The predicted octanol–water partition coefficient (Wildman–Crippen LogP) is 1.88. The van der Waals surface area contributed by atoms with Crippen LogP contribution < -0.4 is 5.14 Å². The molecule has 0 aliphatic heterocycles. The van der Waals surface area contributed by atoms with E-state index in [9.17, 15) is 13.2 Å². The highest BCUT2D eigenvalue weighted by molar-refractivity contribution is 7.89. The van der Waals surface area contributed by atoms with Crippen LogP contribution in [0, 0.1) is 6.92 Å². The largest absolute Gasteiger partial charge is 0.460 e. The maximum atomic E-state index is 11.9. The molecule has 1 rings (SSSR count). The van der Waals surface area contributed by atoms with Gasteiger partial charge in [-0.3, -0.25) is 0 Å². The first kappa shape index (κ1) is 17.9. The molecule has 2 N–H and O–H groups in total. The number of aryl methyl sites for hydroxylation is 1. The number of benzene rings is 1. The van der Waals surface area contributed by atoms with Crippen molar-refractivity contribution >= 4 is 27.6 Å². The molecular formula is C13H18ClNO5S. The monoisotopic (exact) mass is 335 g/mol. The van der Waals surface area contributed by atoms with Crippen LogP contribution in [0.4, 0.5) is 0 Å². The number of nitrogens with two attached hydrogens (primary N) is 1. The van der Waals surface area contributed by atoms with E-state index in [4.69, 9.17) is 26.2 Å². The molecule has 0 aliphatic carbocycles. The molecule has 0 heterocycles. The van der Waals surface area contributed by atoms with Crippen molar-refractivity contribution in [2.45, 2.75) is 31.8 Å². The molecule has 0 radical (unpaired) electrons. The Bertz CT molecular complexity index is 628. The summed E-state index contributed by atoms with van der Waals surface area (Å²) in [5.41, 5.74) is 0.499. The number of sulfonamides is 1. The van der Waals surface area contributed by atoms with Crippen LogP contribution in [-0.2, 0) is 19.5 Å². The van der Waals surface area contributed by atoms with Crippen molar-refractivity contribution in [2.24, 2.45) is 5.14 Å². The van der Waals surface area contributed by atoms with E-state index in [-0.39, 0.29) is 34.8 Å². The molecule has 0 atom stereocenters. The number of rotatable bonds is 6. The molecule has 8 heteroatoms. The molecule has 0 fully saturated rings. The van der Waals surface area contributed by atoms with Crippen LogP contribution in [0.25, 0.3) is 0 Å². The lowest BCUT2D eigenvalue weighted by Crippen LogP contribution is -2.16. The summed E-state index contributed by atoms with van der Waals surface area (Å²) in [6.45, 7) is 5.64. The van der Waals surface area contributed by atoms with Gasteiger partial charge in [-0.2, -0.15) is 0 Å². The fourth-order valence-electron chi connectivity index (χ4n) is 1.56. The Morgan fingerprint density at radius 3 is 2.48 bits per heavy atom. The van der Waals surface area contributed by atoms with E-state index in [1.54, 1.807) is 6.92 Å². The van der Waals surface area contributed by atoms with Crippen molar-refractivity contribution in [3.63, 3.8) is 0 Å². The van der Waals surface area contributed by atoms with Crippen molar-refractivity contribution in [1.82, 2.24) is 0 Å². The second-order valence-electron chi connectivity index (χ2n) is 4.71. The molecule has 0 aromatic heterocycles. The number of carbonyl (C=O) groups is 1. The van der Waals surface area contributed by atoms with E-state index in [1.165, 1.54) is 6.07 Å². The second kappa shape index (κ2) is 7.22. The van der Waals surface area contributed by atoms with E-state index in [2.05, 4.69) is 0 Å². The Hall–Kier alpha value is -1.15. The average molecular weight is 336 g/mol. The molecule has 0 aliphatic rings. The zero-order valence-electron chi connectivity index (χ0n) is 12.1. The Balaban J connectivity index is 2.89. The summed E-state index contributed by atoms with van der Waals surface area (Å²) in [5.74, 6) is -0.660. The van der Waals surface area contributed by atoms with Crippen LogP contribution in [0.5, 0.6) is 0 Å². The van der Waals surface area contributed by atoms with E-state index in [0.717, 1.165) is 6.07 Å². The van der Waals surface area contributed by atoms with Crippen LogP contribution >= 0.6 is 11.6 Å². The van der Waals surface area contributed by atoms with Gasteiger partial charge in [0.15, 0.2) is 0 Å². The van der Waals surface area contributed by atoms with Gasteiger partial charge >= 0.3 is 5.97 Å². The number of hydrogen-bond acceptors (Lipinski definition) is 5.